The molecule has 3 heterocycles. The molecule has 1 unspecified atom stereocenters. The van der Waals surface area contributed by atoms with Crippen molar-refractivity contribution in [3.8, 4) is 22.9 Å². The molecule has 13 heteroatoms. The van der Waals surface area contributed by atoms with E-state index in [4.69, 9.17) is 21.1 Å². The number of halogens is 2. The van der Waals surface area contributed by atoms with Crippen molar-refractivity contribution in [3.63, 3.8) is 0 Å². The van der Waals surface area contributed by atoms with Gasteiger partial charge in [0, 0.05) is 41.7 Å². The summed E-state index contributed by atoms with van der Waals surface area (Å²) in [4.78, 5) is 40.3. The molecule has 1 aliphatic heterocycles. The zero-order valence-electron chi connectivity index (χ0n) is 22.6. The van der Waals surface area contributed by atoms with E-state index in [1.165, 1.54) is 43.5 Å². The van der Waals surface area contributed by atoms with Crippen LogP contribution in [0.5, 0.6) is 11.6 Å². The third kappa shape index (κ3) is 6.24. The number of ether oxygens (including phenoxy) is 2. The molecule has 0 fully saturated rings. The number of benzene rings is 2. The van der Waals surface area contributed by atoms with Crippen LogP contribution in [0, 0.1) is 5.82 Å². The average molecular weight is 593 g/mol. The van der Waals surface area contributed by atoms with Crippen LogP contribution in [0.3, 0.4) is 0 Å². The molecule has 0 saturated heterocycles. The number of carbonyl (C=O) groups is 2. The van der Waals surface area contributed by atoms with Gasteiger partial charge >= 0.3 is 0 Å². The van der Waals surface area contributed by atoms with Gasteiger partial charge in [0.05, 0.1) is 43.8 Å². The van der Waals surface area contributed by atoms with E-state index in [1.807, 2.05) is 0 Å². The van der Waals surface area contributed by atoms with Crippen molar-refractivity contribution >= 4 is 35.1 Å². The Hall–Kier alpha value is -4.81. The quantitative estimate of drug-likeness (QED) is 0.250. The summed E-state index contributed by atoms with van der Waals surface area (Å²) in [5.74, 6) is -0.471. The first-order valence-corrected chi connectivity index (χ1v) is 13.1. The molecule has 4 aromatic rings. The van der Waals surface area contributed by atoms with Crippen molar-refractivity contribution in [1.82, 2.24) is 25.2 Å². The van der Waals surface area contributed by atoms with Crippen LogP contribution < -0.4 is 20.1 Å². The predicted molar refractivity (Wildman–Crippen MR) is 152 cm³/mol. The van der Waals surface area contributed by atoms with E-state index in [2.05, 4.69) is 25.6 Å². The summed E-state index contributed by atoms with van der Waals surface area (Å²) in [6, 6.07) is 11.7. The zero-order valence-corrected chi connectivity index (χ0v) is 23.4. The number of aromatic nitrogens is 3. The third-order valence-electron chi connectivity index (χ3n) is 6.59. The maximum atomic E-state index is 14.0. The largest absolute Gasteiger partial charge is 0.497 e. The van der Waals surface area contributed by atoms with Crippen LogP contribution in [0.2, 0.25) is 5.02 Å². The molecule has 3 N–H and O–H groups in total. The summed E-state index contributed by atoms with van der Waals surface area (Å²) in [6.07, 6.45) is 3.04. The lowest BCUT2D eigenvalue weighted by atomic mass is 10.0. The van der Waals surface area contributed by atoms with Crippen LogP contribution in [-0.4, -0.2) is 64.1 Å². The van der Waals surface area contributed by atoms with Gasteiger partial charge in [0.25, 0.3) is 5.91 Å². The summed E-state index contributed by atoms with van der Waals surface area (Å²) in [6.45, 7) is -0.516. The topological polar surface area (TPSA) is 139 Å². The first-order chi connectivity index (χ1) is 20.3. The number of hydrogen-bond acceptors (Lipinski definition) is 9. The number of rotatable bonds is 10. The van der Waals surface area contributed by atoms with Gasteiger partial charge in [-0.2, -0.15) is 0 Å². The van der Waals surface area contributed by atoms with Gasteiger partial charge in [0.15, 0.2) is 0 Å². The third-order valence-corrected chi connectivity index (χ3v) is 6.87. The number of nitrogens with one attached hydrogen (secondary N) is 2. The number of nitrogens with zero attached hydrogens (tertiary/aromatic N) is 4. The molecule has 0 bridgehead atoms. The minimum absolute atomic E-state index is 0.216. The van der Waals surface area contributed by atoms with Gasteiger partial charge in [-0.25, -0.2) is 19.3 Å². The van der Waals surface area contributed by atoms with Crippen LogP contribution in [-0.2, 0) is 11.3 Å². The monoisotopic (exact) mass is 592 g/mol. The Bertz CT molecular complexity index is 1660. The fourth-order valence-corrected chi connectivity index (χ4v) is 4.75. The second-order valence-corrected chi connectivity index (χ2v) is 9.77. The van der Waals surface area contributed by atoms with E-state index < -0.39 is 24.4 Å². The summed E-state index contributed by atoms with van der Waals surface area (Å²) in [5.41, 5.74) is 3.15. The van der Waals surface area contributed by atoms with Gasteiger partial charge in [0.1, 0.15) is 18.1 Å². The number of amides is 2. The lowest BCUT2D eigenvalue weighted by Crippen LogP contribution is -2.40. The number of fused-ring (bicyclic) bond motifs is 1. The standard InChI is InChI=1S/C29H26ClFN6O5/c1-41-21-8-18(7-19(31)10-21)24(15-38)35-25(39)14-37-13-17-4-3-16(9-22(17)28(37)40)27-23(30)12-33-29(36-27)34-20-5-6-32-26(11-20)42-2/h3-12,24,38H,13-15H2,1-2H3,(H,35,39)(H,32,33,34,36). The molecule has 216 valence electrons. The lowest BCUT2D eigenvalue weighted by Gasteiger charge is -2.20. The van der Waals surface area contributed by atoms with Gasteiger partial charge in [-0.05, 0) is 35.4 Å². The number of methoxy groups -OCH3 is 2. The highest BCUT2D eigenvalue weighted by atomic mass is 35.5. The van der Waals surface area contributed by atoms with Crippen LogP contribution in [0.1, 0.15) is 27.5 Å². The minimum atomic E-state index is -0.885. The predicted octanol–water partition coefficient (Wildman–Crippen LogP) is 3.90. The van der Waals surface area contributed by atoms with E-state index >= 15 is 0 Å². The van der Waals surface area contributed by atoms with Crippen LogP contribution in [0.25, 0.3) is 11.3 Å². The highest BCUT2D eigenvalue weighted by molar-refractivity contribution is 6.33. The molecular weight excluding hydrogens is 567 g/mol. The molecule has 42 heavy (non-hydrogen) atoms. The lowest BCUT2D eigenvalue weighted by molar-refractivity contribution is -0.122. The first-order valence-electron chi connectivity index (χ1n) is 12.7. The SMILES string of the molecule is COc1cc(F)cc(C(CO)NC(=O)CN2Cc3ccc(-c4nc(Nc5ccnc(OC)c5)ncc4Cl)cc3C2=O)c1. The Morgan fingerprint density at radius 3 is 2.74 bits per heavy atom. The van der Waals surface area contributed by atoms with Crippen LogP contribution in [0.4, 0.5) is 16.0 Å². The Balaban J connectivity index is 1.30. The van der Waals surface area contributed by atoms with Crippen molar-refractivity contribution in [2.45, 2.75) is 12.6 Å². The van der Waals surface area contributed by atoms with E-state index in [0.29, 0.717) is 39.0 Å². The Morgan fingerprint density at radius 2 is 1.98 bits per heavy atom. The molecule has 1 atom stereocenters. The molecule has 1 aliphatic rings. The fourth-order valence-electron chi connectivity index (χ4n) is 4.55. The van der Waals surface area contributed by atoms with E-state index in [-0.39, 0.29) is 30.7 Å². The molecule has 2 amide bonds. The normalized spacial score (nSPS) is 13.0. The van der Waals surface area contributed by atoms with Gasteiger partial charge in [-0.15, -0.1) is 0 Å². The Kier molecular flexibility index (Phi) is 8.46. The number of aliphatic hydroxyl groups is 1. The summed E-state index contributed by atoms with van der Waals surface area (Å²) in [7, 11) is 2.91. The molecule has 0 radical (unpaired) electrons. The van der Waals surface area contributed by atoms with Crippen LogP contribution >= 0.6 is 11.6 Å². The maximum Gasteiger partial charge on any atom is 0.254 e. The Morgan fingerprint density at radius 1 is 1.14 bits per heavy atom. The van der Waals surface area contributed by atoms with Crippen LogP contribution in [0.15, 0.2) is 60.9 Å². The average Bonchev–Trinajstić information content (AvgIpc) is 3.30. The molecule has 0 saturated carbocycles. The number of hydrogen-bond donors (Lipinski definition) is 3. The van der Waals surface area contributed by atoms with Crippen molar-refractivity contribution in [1.29, 1.82) is 0 Å². The molecule has 0 spiro atoms. The summed E-state index contributed by atoms with van der Waals surface area (Å²) in [5, 5.41) is 15.9. The number of aliphatic hydroxyl groups excluding tert-OH is 1. The highest BCUT2D eigenvalue weighted by Crippen LogP contribution is 2.32. The Labute approximate surface area is 245 Å². The van der Waals surface area contributed by atoms with E-state index in [1.54, 1.807) is 36.5 Å². The highest BCUT2D eigenvalue weighted by Gasteiger charge is 2.30. The van der Waals surface area contributed by atoms with Crippen molar-refractivity contribution in [2.24, 2.45) is 0 Å². The minimum Gasteiger partial charge on any atom is -0.497 e. The second-order valence-electron chi connectivity index (χ2n) is 9.36. The fraction of sp³-hybridized carbons (Fsp3) is 0.207. The summed E-state index contributed by atoms with van der Waals surface area (Å²) < 4.78 is 24.2. The molecule has 5 rings (SSSR count). The maximum absolute atomic E-state index is 14.0. The van der Waals surface area contributed by atoms with Gasteiger partial charge < -0.3 is 30.1 Å². The molecular formula is C29H26ClFN6O5. The zero-order chi connectivity index (χ0) is 29.8. The molecule has 11 nitrogen and oxygen atoms in total. The summed E-state index contributed by atoms with van der Waals surface area (Å²) >= 11 is 6.42. The van der Waals surface area contributed by atoms with Gasteiger partial charge in [0.2, 0.25) is 17.7 Å². The molecule has 0 aliphatic carbocycles. The van der Waals surface area contributed by atoms with Gasteiger partial charge in [-0.1, -0.05) is 23.7 Å². The number of carbonyl (C=O) groups excluding carboxylic acids is 2. The number of anilines is 2. The van der Waals surface area contributed by atoms with Gasteiger partial charge in [-0.3, -0.25) is 9.59 Å². The molecule has 2 aromatic heterocycles. The smallest absolute Gasteiger partial charge is 0.254 e. The van der Waals surface area contributed by atoms with Crippen molar-refractivity contribution in [2.75, 3.05) is 32.7 Å². The first kappa shape index (κ1) is 28.7. The van der Waals surface area contributed by atoms with E-state index in [0.717, 1.165) is 5.56 Å². The van der Waals surface area contributed by atoms with Crippen molar-refractivity contribution < 1.29 is 28.6 Å². The van der Waals surface area contributed by atoms with Crippen molar-refractivity contribution in [3.05, 3.63) is 88.5 Å². The molecule has 2 aromatic carbocycles. The second kappa shape index (κ2) is 12.4. The number of pyridine rings is 1. The van der Waals surface area contributed by atoms with E-state index in [9.17, 15) is 19.1 Å².